The number of aromatic nitrogens is 1. The minimum atomic E-state index is 0.748. The largest absolute Gasteiger partial charge is 0.455 e. The van der Waals surface area contributed by atoms with Crippen molar-refractivity contribution in [1.29, 1.82) is 0 Å². The highest BCUT2D eigenvalue weighted by molar-refractivity contribution is 7.19. The van der Waals surface area contributed by atoms with Crippen LogP contribution in [0.15, 0.2) is 162 Å². The van der Waals surface area contributed by atoms with Crippen LogP contribution in [-0.4, -0.2) is 4.98 Å². The van der Waals surface area contributed by atoms with Gasteiger partial charge in [-0.05, 0) is 162 Å². The molecule has 8 rings (SSSR count). The van der Waals surface area contributed by atoms with Gasteiger partial charge in [0.25, 0.3) is 0 Å². The summed E-state index contributed by atoms with van der Waals surface area (Å²) in [5.74, 6) is 0. The highest BCUT2D eigenvalue weighted by Crippen LogP contribution is 2.36. The zero-order valence-corrected chi connectivity index (χ0v) is 37.7. The van der Waals surface area contributed by atoms with E-state index in [-0.39, 0.29) is 0 Å². The van der Waals surface area contributed by atoms with E-state index in [0.717, 1.165) is 58.7 Å². The molecule has 0 N–H and O–H groups in total. The number of furan rings is 1. The van der Waals surface area contributed by atoms with Gasteiger partial charge in [-0.2, -0.15) is 0 Å². The van der Waals surface area contributed by atoms with Crippen LogP contribution in [0.2, 0.25) is 0 Å². The summed E-state index contributed by atoms with van der Waals surface area (Å²) in [4.78, 5) is 6.61. The fraction of sp³-hybridized carbons (Fsp3) is 0.169. The van der Waals surface area contributed by atoms with Crippen LogP contribution in [0.25, 0.3) is 89.6 Å². The predicted molar refractivity (Wildman–Crippen MR) is 271 cm³/mol. The van der Waals surface area contributed by atoms with Crippen LogP contribution >= 0.6 is 11.3 Å². The molecular weight excluding hydrogens is 771 g/mol. The third-order valence-corrected chi connectivity index (χ3v) is 13.0. The average molecular weight is 826 g/mol. The molecule has 0 aliphatic carbocycles. The van der Waals surface area contributed by atoms with E-state index in [2.05, 4.69) is 187 Å². The zero-order chi connectivity index (χ0) is 43.2. The number of thiophene rings is 1. The van der Waals surface area contributed by atoms with Crippen LogP contribution in [0.1, 0.15) is 74.6 Å². The van der Waals surface area contributed by atoms with Gasteiger partial charge in [-0.3, -0.25) is 0 Å². The number of nitrogens with zero attached hydrogens (tertiary/aromatic N) is 1. The molecule has 5 aromatic carbocycles. The minimum absolute atomic E-state index is 0.748. The molecule has 0 aliphatic rings. The first kappa shape index (κ1) is 42.2. The monoisotopic (exact) mass is 825 g/mol. The SMILES string of the molecule is C=C/C=C\C(C)=C(/C)c1cc(-c2cccc(-c3cccc(C/C=c4\c(=C/C)oc5ccc(-c6cccc(-c7ccc8sc(C)c(/C=C\CC)c8c7)c6)nc45)c3)c2)ccc1CCC. The molecule has 0 fully saturated rings. The molecule has 0 aliphatic heterocycles. The molecule has 0 atom stereocenters. The molecule has 3 heterocycles. The summed E-state index contributed by atoms with van der Waals surface area (Å²) < 4.78 is 7.68. The van der Waals surface area contributed by atoms with Gasteiger partial charge in [0.2, 0.25) is 0 Å². The van der Waals surface area contributed by atoms with E-state index in [0.29, 0.717) is 0 Å². The summed E-state index contributed by atoms with van der Waals surface area (Å²) in [5.41, 5.74) is 19.6. The first-order chi connectivity index (χ1) is 30.3. The van der Waals surface area contributed by atoms with Crippen molar-refractivity contribution in [3.63, 3.8) is 0 Å². The van der Waals surface area contributed by atoms with Gasteiger partial charge in [-0.15, -0.1) is 11.3 Å². The van der Waals surface area contributed by atoms with Crippen molar-refractivity contribution in [1.82, 2.24) is 4.98 Å². The molecular formula is C59H55NOS. The molecule has 62 heavy (non-hydrogen) atoms. The summed E-state index contributed by atoms with van der Waals surface area (Å²) >= 11 is 1.87. The Labute approximate surface area is 371 Å². The Bertz CT molecular complexity index is 3160. The summed E-state index contributed by atoms with van der Waals surface area (Å²) in [6, 6.07) is 44.5. The lowest BCUT2D eigenvalue weighted by Crippen LogP contribution is -2.20. The number of benzene rings is 5. The number of hydrogen-bond donors (Lipinski definition) is 0. The molecule has 0 radical (unpaired) electrons. The van der Waals surface area contributed by atoms with Gasteiger partial charge >= 0.3 is 0 Å². The molecule has 8 aromatic rings. The van der Waals surface area contributed by atoms with Crippen molar-refractivity contribution in [2.45, 2.75) is 67.2 Å². The van der Waals surface area contributed by atoms with E-state index in [1.165, 1.54) is 81.7 Å². The van der Waals surface area contributed by atoms with E-state index in [1.54, 1.807) is 0 Å². The van der Waals surface area contributed by atoms with Crippen molar-refractivity contribution in [3.8, 4) is 44.6 Å². The Hall–Kier alpha value is -6.55. The molecule has 3 heteroatoms. The topological polar surface area (TPSA) is 26.0 Å². The van der Waals surface area contributed by atoms with Crippen molar-refractivity contribution >= 4 is 56.3 Å². The Kier molecular flexibility index (Phi) is 12.9. The number of rotatable bonds is 13. The minimum Gasteiger partial charge on any atom is -0.455 e. The molecule has 2 nitrogen and oxygen atoms in total. The smallest absolute Gasteiger partial charge is 0.153 e. The van der Waals surface area contributed by atoms with Crippen LogP contribution < -0.4 is 10.6 Å². The number of hydrogen-bond acceptors (Lipinski definition) is 3. The maximum absolute atomic E-state index is 6.36. The third kappa shape index (κ3) is 8.91. The van der Waals surface area contributed by atoms with E-state index in [9.17, 15) is 0 Å². The lowest BCUT2D eigenvalue weighted by molar-refractivity contribution is 0.574. The van der Waals surface area contributed by atoms with Crippen LogP contribution in [0.4, 0.5) is 0 Å². The summed E-state index contributed by atoms with van der Waals surface area (Å²) in [7, 11) is 0. The second-order valence-corrected chi connectivity index (χ2v) is 17.4. The van der Waals surface area contributed by atoms with Crippen molar-refractivity contribution in [2.24, 2.45) is 0 Å². The number of allylic oxidation sites excluding steroid dienone is 6. The zero-order valence-electron chi connectivity index (χ0n) is 36.9. The molecule has 0 bridgehead atoms. The Morgan fingerprint density at radius 3 is 2.16 bits per heavy atom. The molecule has 0 saturated carbocycles. The van der Waals surface area contributed by atoms with E-state index < -0.39 is 0 Å². The number of fused-ring (bicyclic) bond motifs is 2. The molecule has 0 unspecified atom stereocenters. The summed E-state index contributed by atoms with van der Waals surface area (Å²) in [6.07, 6.45) is 18.8. The molecule has 0 saturated heterocycles. The van der Waals surface area contributed by atoms with Crippen molar-refractivity contribution < 1.29 is 4.42 Å². The highest BCUT2D eigenvalue weighted by atomic mass is 32.1. The lowest BCUT2D eigenvalue weighted by Gasteiger charge is -2.15. The third-order valence-electron chi connectivity index (χ3n) is 11.9. The fourth-order valence-corrected chi connectivity index (χ4v) is 9.45. The number of pyridine rings is 1. The Morgan fingerprint density at radius 2 is 1.44 bits per heavy atom. The van der Waals surface area contributed by atoms with Gasteiger partial charge in [0.05, 0.1) is 5.69 Å². The van der Waals surface area contributed by atoms with Gasteiger partial charge in [0.15, 0.2) is 5.58 Å². The molecule has 3 aromatic heterocycles. The van der Waals surface area contributed by atoms with Crippen LogP contribution in [0.5, 0.6) is 0 Å². The van der Waals surface area contributed by atoms with E-state index in [4.69, 9.17) is 9.40 Å². The van der Waals surface area contributed by atoms with E-state index in [1.807, 2.05) is 36.5 Å². The average Bonchev–Trinajstić information content (AvgIpc) is 3.84. The highest BCUT2D eigenvalue weighted by Gasteiger charge is 2.13. The Morgan fingerprint density at radius 1 is 0.758 bits per heavy atom. The normalized spacial score (nSPS) is 13.0. The van der Waals surface area contributed by atoms with Crippen molar-refractivity contribution in [2.75, 3.05) is 0 Å². The van der Waals surface area contributed by atoms with Gasteiger partial charge in [0, 0.05) is 25.7 Å². The second-order valence-electron chi connectivity index (χ2n) is 16.1. The Balaban J connectivity index is 1.09. The van der Waals surface area contributed by atoms with Crippen LogP contribution in [0.3, 0.4) is 0 Å². The van der Waals surface area contributed by atoms with Gasteiger partial charge in [-0.1, -0.05) is 142 Å². The second kappa shape index (κ2) is 19.0. The van der Waals surface area contributed by atoms with Crippen LogP contribution in [0, 0.1) is 6.92 Å². The maximum Gasteiger partial charge on any atom is 0.153 e. The lowest BCUT2D eigenvalue weighted by atomic mass is 9.90. The quantitative estimate of drug-likeness (QED) is 0.108. The standard InChI is InChI=1S/C59H55NOS/c1-8-12-18-39(5)40(6)53-37-48(28-27-43(53)17-10-3)46-22-15-21-45(35-46)44-20-14-19-42(34-44)26-30-52-56(11-4)61-57-32-31-55(60-59(52)57)50-24-16-23-47(36-50)49-29-33-58-54(38-49)51(25-13-9-2)41(7)62-58/h8,11-16,18-25,27-38H,1,9-10,17,26H2,2-7H3/b18-12-,25-13-,40-39+,52-30+,56-11+. The van der Waals surface area contributed by atoms with Crippen LogP contribution in [-0.2, 0) is 12.8 Å². The number of aryl methyl sites for hydroxylation is 2. The fourth-order valence-electron chi connectivity index (χ4n) is 8.42. The van der Waals surface area contributed by atoms with E-state index >= 15 is 0 Å². The maximum atomic E-state index is 6.36. The molecule has 308 valence electrons. The first-order valence-electron chi connectivity index (χ1n) is 21.9. The summed E-state index contributed by atoms with van der Waals surface area (Å²) in [6.45, 7) is 17.0. The first-order valence-corrected chi connectivity index (χ1v) is 22.8. The van der Waals surface area contributed by atoms with Gasteiger partial charge < -0.3 is 4.42 Å². The predicted octanol–water partition coefficient (Wildman–Crippen LogP) is 15.8. The van der Waals surface area contributed by atoms with Gasteiger partial charge in [0.1, 0.15) is 10.9 Å². The molecule has 0 amide bonds. The summed E-state index contributed by atoms with van der Waals surface area (Å²) in [5, 5.41) is 2.34. The molecule has 0 spiro atoms. The van der Waals surface area contributed by atoms with Crippen molar-refractivity contribution in [3.05, 3.63) is 196 Å². The van der Waals surface area contributed by atoms with Gasteiger partial charge in [-0.25, -0.2) is 4.98 Å².